The van der Waals surface area contributed by atoms with E-state index >= 15 is 4.39 Å². The Labute approximate surface area is 207 Å². The van der Waals surface area contributed by atoms with E-state index in [4.69, 9.17) is 10.5 Å². The van der Waals surface area contributed by atoms with Gasteiger partial charge in [0, 0.05) is 47.9 Å². The van der Waals surface area contributed by atoms with E-state index in [1.54, 1.807) is 6.07 Å². The Morgan fingerprint density at radius 1 is 1.03 bits per heavy atom. The van der Waals surface area contributed by atoms with Crippen LogP contribution in [0.4, 0.5) is 14.6 Å². The predicted octanol–water partition coefficient (Wildman–Crippen LogP) is 4.47. The number of nitrogens with one attached hydrogen (secondary N) is 1. The number of nitrogens with zero attached hydrogens (tertiary/aromatic N) is 3. The Kier molecular flexibility index (Phi) is 6.51. The highest BCUT2D eigenvalue weighted by Crippen LogP contribution is 2.34. The first-order valence-electron chi connectivity index (χ1n) is 11.8. The normalized spacial score (nSPS) is 14.6. The van der Waals surface area contributed by atoms with E-state index in [2.05, 4.69) is 19.9 Å². The summed E-state index contributed by atoms with van der Waals surface area (Å²) >= 11 is 0. The summed E-state index contributed by atoms with van der Waals surface area (Å²) in [6, 6.07) is 10.4. The van der Waals surface area contributed by atoms with E-state index in [0.29, 0.717) is 23.6 Å². The quantitative estimate of drug-likeness (QED) is 0.428. The molecule has 1 aliphatic rings. The Hall–Kier alpha value is -3.69. The summed E-state index contributed by atoms with van der Waals surface area (Å²) in [6.07, 6.45) is 2.90. The van der Waals surface area contributed by atoms with Gasteiger partial charge in [-0.25, -0.2) is 9.37 Å². The summed E-state index contributed by atoms with van der Waals surface area (Å²) in [5.74, 6) is -1.10. The van der Waals surface area contributed by atoms with Crippen LogP contribution in [0.3, 0.4) is 0 Å². The van der Waals surface area contributed by atoms with E-state index in [9.17, 15) is 9.18 Å². The predicted molar refractivity (Wildman–Crippen MR) is 136 cm³/mol. The second-order valence-electron chi connectivity index (χ2n) is 9.36. The van der Waals surface area contributed by atoms with Gasteiger partial charge >= 0.3 is 0 Å². The molecular formula is C27H27F2N5O2. The molecule has 2 aromatic heterocycles. The average molecular weight is 492 g/mol. The zero-order chi connectivity index (χ0) is 25.4. The minimum atomic E-state index is -0.783. The largest absolute Gasteiger partial charge is 0.382 e. The van der Waals surface area contributed by atoms with Gasteiger partial charge in [0.05, 0.1) is 0 Å². The number of benzene rings is 2. The second-order valence-corrected chi connectivity index (χ2v) is 9.36. The molecular weight excluding hydrogens is 464 g/mol. The van der Waals surface area contributed by atoms with Gasteiger partial charge in [0.25, 0.3) is 5.56 Å². The van der Waals surface area contributed by atoms with Gasteiger partial charge in [-0.3, -0.25) is 4.79 Å². The van der Waals surface area contributed by atoms with Crippen molar-refractivity contribution in [1.29, 1.82) is 0 Å². The summed E-state index contributed by atoms with van der Waals surface area (Å²) in [5, 5.41) is 0.321. The number of H-pyrrole nitrogens is 1. The summed E-state index contributed by atoms with van der Waals surface area (Å²) in [4.78, 5) is 24.9. The molecule has 5 rings (SSSR count). The molecule has 1 aliphatic heterocycles. The molecule has 4 aromatic rings. The molecule has 0 bridgehead atoms. The third-order valence-corrected chi connectivity index (χ3v) is 6.57. The van der Waals surface area contributed by atoms with Crippen molar-refractivity contribution in [1.82, 2.24) is 19.9 Å². The number of hydrogen-bond acceptors (Lipinski definition) is 6. The number of aromatic nitrogens is 3. The minimum Gasteiger partial charge on any atom is -0.382 e. The maximum Gasteiger partial charge on any atom is 0.256 e. The van der Waals surface area contributed by atoms with Crippen LogP contribution in [0.5, 0.6) is 0 Å². The third-order valence-electron chi connectivity index (χ3n) is 6.57. The highest BCUT2D eigenvalue weighted by Gasteiger charge is 2.22. The molecule has 3 heterocycles. The Morgan fingerprint density at radius 2 is 1.75 bits per heavy atom. The maximum absolute atomic E-state index is 15.1. The van der Waals surface area contributed by atoms with Crippen LogP contribution in [0.2, 0.25) is 0 Å². The summed E-state index contributed by atoms with van der Waals surface area (Å²) < 4.78 is 35.0. The fraction of sp³-hybridized carbons (Fsp3) is 0.296. The number of pyridine rings is 1. The zero-order valence-electron chi connectivity index (χ0n) is 20.1. The Morgan fingerprint density at radius 3 is 2.50 bits per heavy atom. The molecule has 0 amide bonds. The molecule has 7 nitrogen and oxygen atoms in total. The van der Waals surface area contributed by atoms with Crippen LogP contribution in [0, 0.1) is 11.8 Å². The number of anilines is 1. The van der Waals surface area contributed by atoms with Gasteiger partial charge in [0.2, 0.25) is 5.95 Å². The Balaban J connectivity index is 1.61. The number of aromatic amines is 1. The van der Waals surface area contributed by atoms with Gasteiger partial charge in [-0.05, 0) is 62.2 Å². The average Bonchev–Trinajstić information content (AvgIpc) is 2.86. The van der Waals surface area contributed by atoms with Crippen LogP contribution < -0.4 is 11.3 Å². The molecule has 2 aromatic carbocycles. The standard InChI is InChI=1S/C27H27F2N5O2/c1-34(2)14-18-11-16(3-5-19(18)15-7-9-36-10-8-15)23-25(29)33-26(30)24(32-23)17-4-6-20-21(12-17)22(28)13-31-27(20)35/h3-6,11-13,15H,7-10,14H2,1-2H3,(H2,30,33)(H,31,35). The molecule has 3 N–H and O–H groups in total. The topological polar surface area (TPSA) is 97.1 Å². The van der Waals surface area contributed by atoms with Gasteiger partial charge in [-0.2, -0.15) is 9.37 Å². The third kappa shape index (κ3) is 4.59. The lowest BCUT2D eigenvalue weighted by Gasteiger charge is -2.26. The first kappa shape index (κ1) is 24.0. The minimum absolute atomic E-state index is 0.0595. The number of nitrogen functional groups attached to an aromatic ring is 1. The van der Waals surface area contributed by atoms with Gasteiger partial charge in [0.1, 0.15) is 17.2 Å². The lowest BCUT2D eigenvalue weighted by atomic mass is 9.87. The number of halogens is 2. The molecule has 36 heavy (non-hydrogen) atoms. The maximum atomic E-state index is 15.1. The van der Waals surface area contributed by atoms with Crippen molar-refractivity contribution in [3.8, 4) is 22.5 Å². The van der Waals surface area contributed by atoms with Crippen molar-refractivity contribution in [2.75, 3.05) is 33.0 Å². The molecule has 0 saturated carbocycles. The van der Waals surface area contributed by atoms with E-state index in [-0.39, 0.29) is 28.0 Å². The number of nitrogens with two attached hydrogens (primary N) is 1. The first-order chi connectivity index (χ1) is 17.3. The van der Waals surface area contributed by atoms with Gasteiger partial charge in [-0.15, -0.1) is 0 Å². The number of fused-ring (bicyclic) bond motifs is 1. The van der Waals surface area contributed by atoms with Gasteiger partial charge in [0.15, 0.2) is 5.82 Å². The van der Waals surface area contributed by atoms with Crippen molar-refractivity contribution < 1.29 is 13.5 Å². The highest BCUT2D eigenvalue weighted by atomic mass is 19.1. The van der Waals surface area contributed by atoms with E-state index in [1.165, 1.54) is 17.7 Å². The fourth-order valence-electron chi connectivity index (χ4n) is 4.83. The highest BCUT2D eigenvalue weighted by molar-refractivity contribution is 5.88. The monoisotopic (exact) mass is 491 g/mol. The molecule has 0 unspecified atom stereocenters. The number of rotatable bonds is 5. The van der Waals surface area contributed by atoms with Crippen LogP contribution >= 0.6 is 0 Å². The van der Waals surface area contributed by atoms with Crippen molar-refractivity contribution in [3.05, 3.63) is 75.8 Å². The lowest BCUT2D eigenvalue weighted by Crippen LogP contribution is -2.18. The van der Waals surface area contributed by atoms with Crippen molar-refractivity contribution in [3.63, 3.8) is 0 Å². The van der Waals surface area contributed by atoms with Gasteiger partial charge in [-0.1, -0.05) is 18.2 Å². The van der Waals surface area contributed by atoms with Crippen molar-refractivity contribution in [2.45, 2.75) is 25.3 Å². The molecule has 0 atom stereocenters. The van der Waals surface area contributed by atoms with Crippen LogP contribution in [0.15, 0.2) is 47.4 Å². The smallest absolute Gasteiger partial charge is 0.256 e. The molecule has 186 valence electrons. The SMILES string of the molecule is CN(C)Cc1cc(-c2nc(-c3ccc4c(=O)[nH]cc(F)c4c3)c(N)nc2F)ccc1C1CCOCC1. The zero-order valence-corrected chi connectivity index (χ0v) is 20.1. The molecule has 0 radical (unpaired) electrons. The van der Waals surface area contributed by atoms with E-state index in [0.717, 1.165) is 37.8 Å². The van der Waals surface area contributed by atoms with Crippen LogP contribution in [-0.2, 0) is 11.3 Å². The van der Waals surface area contributed by atoms with E-state index in [1.807, 2.05) is 32.3 Å². The van der Waals surface area contributed by atoms with Crippen LogP contribution in [0.25, 0.3) is 33.3 Å². The fourth-order valence-corrected chi connectivity index (χ4v) is 4.83. The van der Waals surface area contributed by atoms with E-state index < -0.39 is 17.3 Å². The van der Waals surface area contributed by atoms with Crippen molar-refractivity contribution in [2.24, 2.45) is 0 Å². The molecule has 0 aliphatic carbocycles. The summed E-state index contributed by atoms with van der Waals surface area (Å²) in [5.41, 5.74) is 9.25. The van der Waals surface area contributed by atoms with Gasteiger partial charge < -0.3 is 20.4 Å². The number of hydrogen-bond donors (Lipinski definition) is 2. The van der Waals surface area contributed by atoms with Crippen LogP contribution in [-0.4, -0.2) is 47.2 Å². The number of ether oxygens (including phenoxy) is 1. The Bertz CT molecular complexity index is 1500. The molecule has 1 saturated heterocycles. The molecule has 1 fully saturated rings. The first-order valence-corrected chi connectivity index (χ1v) is 11.8. The van der Waals surface area contributed by atoms with Crippen LogP contribution in [0.1, 0.15) is 29.9 Å². The molecule has 9 heteroatoms. The molecule has 0 spiro atoms. The lowest BCUT2D eigenvalue weighted by molar-refractivity contribution is 0.0850. The van der Waals surface area contributed by atoms with Crippen molar-refractivity contribution >= 4 is 16.6 Å². The summed E-state index contributed by atoms with van der Waals surface area (Å²) in [6.45, 7) is 2.15. The summed E-state index contributed by atoms with van der Waals surface area (Å²) in [7, 11) is 3.98. The second kappa shape index (κ2) is 9.75.